The minimum Gasteiger partial charge on any atom is -0.393 e. The van der Waals surface area contributed by atoms with Gasteiger partial charge in [0.25, 0.3) is 0 Å². The fourth-order valence-corrected chi connectivity index (χ4v) is 11.6. The Morgan fingerprint density at radius 2 is 1.53 bits per heavy atom. The number of aliphatic hydroxyl groups excluding tert-OH is 1. The van der Waals surface area contributed by atoms with Crippen molar-refractivity contribution in [2.75, 3.05) is 37.6 Å². The van der Waals surface area contributed by atoms with Crippen molar-refractivity contribution in [3.8, 4) is 0 Å². The summed E-state index contributed by atoms with van der Waals surface area (Å²) in [4.78, 5) is 19.2. The van der Waals surface area contributed by atoms with Crippen molar-refractivity contribution in [2.45, 2.75) is 70.5 Å². The fourth-order valence-electron chi connectivity index (χ4n) is 11.6. The number of allylic oxidation sites excluding steroid dienone is 4. The van der Waals surface area contributed by atoms with Crippen LogP contribution < -0.4 is 4.90 Å². The molecule has 2 spiro atoms. The van der Waals surface area contributed by atoms with Crippen LogP contribution >= 0.6 is 0 Å². The number of carbonyl (C=O) groups is 1. The average molecular weight is 647 g/mol. The van der Waals surface area contributed by atoms with Gasteiger partial charge in [0.15, 0.2) is 17.4 Å². The molecule has 1 aliphatic heterocycles. The number of nitrogens with zero attached hydrogens (tertiary/aromatic N) is 2. The highest BCUT2D eigenvalue weighted by molar-refractivity contribution is 6.10. The lowest BCUT2D eigenvalue weighted by atomic mass is 9.32. The van der Waals surface area contributed by atoms with Crippen LogP contribution in [-0.4, -0.2) is 65.3 Å². The summed E-state index contributed by atoms with van der Waals surface area (Å²) >= 11 is 0. The Morgan fingerprint density at radius 1 is 0.851 bits per heavy atom. The molecule has 4 fully saturated rings. The maximum Gasteiger partial charge on any atom is 0.189 e. The number of Topliss-reactive ketones (excluding diaryl/α,β-unsaturated/α-hetero) is 1. The lowest BCUT2D eigenvalue weighted by molar-refractivity contribution is -0.176. The van der Waals surface area contributed by atoms with Gasteiger partial charge in [0.1, 0.15) is 5.82 Å². The summed E-state index contributed by atoms with van der Waals surface area (Å²) < 4.78 is 42.0. The molecule has 0 radical (unpaired) electrons. The molecular weight excluding hydrogens is 601 g/mol. The van der Waals surface area contributed by atoms with E-state index in [0.717, 1.165) is 69.7 Å². The Kier molecular flexibility index (Phi) is 7.02. The largest absolute Gasteiger partial charge is 0.393 e. The van der Waals surface area contributed by atoms with E-state index in [1.807, 2.05) is 12.1 Å². The third kappa shape index (κ3) is 4.29. The summed E-state index contributed by atoms with van der Waals surface area (Å²) in [6.07, 6.45) is 11.3. The topological polar surface area (TPSA) is 64.0 Å². The summed E-state index contributed by atoms with van der Waals surface area (Å²) in [6.45, 7) is 8.26. The molecule has 2 aromatic carbocycles. The molecule has 7 aliphatic rings. The number of ketones is 1. The standard InChI is InChI=1S/C39H45F3N2O3/c1-35-12-9-28(45)22-37(35)15-16-39(29(23-37)34(46)25-3-8-30(41)31(42)21-25)32(35)10-13-36(2)33(39)11-14-38(36,47)24-43-17-19-44(20-18-43)27-6-4-26(40)5-7-27/h3-8,15-16,21,23,28,32-33,45,47H,9-14,17-20,22,24H2,1-2H3. The number of β-amino-alcohol motifs (C(OH)–C–C–N with tert-alkyl or cyclic N) is 1. The molecule has 0 aromatic heterocycles. The number of fused-ring (bicyclic) bond motifs is 1. The van der Waals surface area contributed by atoms with Gasteiger partial charge in [-0.1, -0.05) is 32.1 Å². The first-order valence-electron chi connectivity index (χ1n) is 17.4. The van der Waals surface area contributed by atoms with Gasteiger partial charge in [-0.3, -0.25) is 9.69 Å². The van der Waals surface area contributed by atoms with Crippen molar-refractivity contribution in [2.24, 2.45) is 33.5 Å². The molecule has 0 amide bonds. The quantitative estimate of drug-likeness (QED) is 0.280. The van der Waals surface area contributed by atoms with E-state index in [0.29, 0.717) is 31.4 Å². The lowest BCUT2D eigenvalue weighted by Crippen LogP contribution is -2.67. The molecule has 3 saturated carbocycles. The molecule has 2 N–H and O–H groups in total. The molecule has 47 heavy (non-hydrogen) atoms. The second-order valence-corrected chi connectivity index (χ2v) is 16.0. The van der Waals surface area contributed by atoms with E-state index >= 15 is 0 Å². The van der Waals surface area contributed by atoms with E-state index in [1.165, 1.54) is 18.2 Å². The monoisotopic (exact) mass is 646 g/mol. The number of hydrogen-bond donors (Lipinski definition) is 2. The highest BCUT2D eigenvalue weighted by Crippen LogP contribution is 2.78. The predicted octanol–water partition coefficient (Wildman–Crippen LogP) is 6.70. The number of benzene rings is 2. The minimum absolute atomic E-state index is 0.0158. The summed E-state index contributed by atoms with van der Waals surface area (Å²) in [6, 6.07) is 10.0. The van der Waals surface area contributed by atoms with Gasteiger partial charge in [-0.15, -0.1) is 0 Å². The summed E-state index contributed by atoms with van der Waals surface area (Å²) in [5.74, 6) is -2.44. The van der Waals surface area contributed by atoms with Crippen molar-refractivity contribution in [1.82, 2.24) is 4.90 Å². The maximum atomic E-state index is 14.5. The van der Waals surface area contributed by atoms with Crippen molar-refractivity contribution in [3.05, 3.63) is 89.3 Å². The zero-order valence-corrected chi connectivity index (χ0v) is 27.3. The number of carbonyl (C=O) groups excluding carboxylic acids is 1. The molecule has 5 nitrogen and oxygen atoms in total. The number of aliphatic hydroxyl groups is 2. The van der Waals surface area contributed by atoms with Gasteiger partial charge < -0.3 is 15.1 Å². The number of halogens is 3. The van der Waals surface area contributed by atoms with Gasteiger partial charge in [-0.25, -0.2) is 13.2 Å². The van der Waals surface area contributed by atoms with Gasteiger partial charge in [0.2, 0.25) is 0 Å². The van der Waals surface area contributed by atoms with Crippen LogP contribution in [0.5, 0.6) is 0 Å². The predicted molar refractivity (Wildman–Crippen MR) is 174 cm³/mol. The van der Waals surface area contributed by atoms with Gasteiger partial charge in [0.05, 0.1) is 11.7 Å². The van der Waals surface area contributed by atoms with Crippen LogP contribution in [0.3, 0.4) is 0 Å². The molecule has 1 saturated heterocycles. The van der Waals surface area contributed by atoms with E-state index < -0.39 is 39.6 Å². The van der Waals surface area contributed by atoms with E-state index in [1.54, 1.807) is 0 Å². The number of rotatable bonds is 5. The highest BCUT2D eigenvalue weighted by atomic mass is 19.2. The SMILES string of the molecule is CC12CCC(O)CC13C=CC1(C(C(=O)c4ccc(F)c(F)c4)=C3)C2CCC2(C)C1CCC2(O)CN1CCN(c2ccc(F)cc2)CC1. The Bertz CT molecular complexity index is 1670. The first-order valence-corrected chi connectivity index (χ1v) is 17.4. The van der Waals surface area contributed by atoms with Crippen LogP contribution in [0, 0.1) is 50.9 Å². The normalized spacial score (nSPS) is 40.9. The second kappa shape index (κ2) is 10.5. The molecule has 2 aromatic rings. The Labute approximate surface area is 275 Å². The van der Waals surface area contributed by atoms with Gasteiger partial charge in [-0.05, 0) is 105 Å². The molecule has 8 atom stereocenters. The summed E-state index contributed by atoms with van der Waals surface area (Å²) in [5, 5.41) is 23.6. The zero-order chi connectivity index (χ0) is 33.0. The molecule has 8 unspecified atom stereocenters. The Balaban J connectivity index is 1.13. The molecule has 6 aliphatic carbocycles. The molecular formula is C39H45F3N2O3. The molecule has 8 heteroatoms. The first kappa shape index (κ1) is 31.3. The van der Waals surface area contributed by atoms with E-state index in [2.05, 4.69) is 41.9 Å². The van der Waals surface area contributed by atoms with Crippen molar-refractivity contribution < 1.29 is 28.2 Å². The number of piperazine rings is 1. The third-order valence-corrected chi connectivity index (χ3v) is 14.2. The van der Waals surface area contributed by atoms with Crippen LogP contribution in [0.4, 0.5) is 18.9 Å². The van der Waals surface area contributed by atoms with Gasteiger partial charge >= 0.3 is 0 Å². The van der Waals surface area contributed by atoms with Crippen molar-refractivity contribution in [3.63, 3.8) is 0 Å². The first-order chi connectivity index (χ1) is 22.3. The van der Waals surface area contributed by atoms with Crippen LogP contribution in [-0.2, 0) is 0 Å². The number of hydrogen-bond acceptors (Lipinski definition) is 5. The maximum absolute atomic E-state index is 14.5. The average Bonchev–Trinajstić information content (AvgIpc) is 3.32. The van der Waals surface area contributed by atoms with Crippen molar-refractivity contribution >= 4 is 11.5 Å². The molecule has 2 bridgehead atoms. The summed E-state index contributed by atoms with van der Waals surface area (Å²) in [7, 11) is 0. The van der Waals surface area contributed by atoms with Gasteiger partial charge in [0, 0.05) is 65.8 Å². The zero-order valence-electron chi connectivity index (χ0n) is 27.3. The molecule has 1 heterocycles. The van der Waals surface area contributed by atoms with Crippen molar-refractivity contribution in [1.29, 1.82) is 0 Å². The lowest BCUT2D eigenvalue weighted by Gasteiger charge is -2.71. The molecule has 9 rings (SSSR count). The van der Waals surface area contributed by atoms with Gasteiger partial charge in [-0.2, -0.15) is 0 Å². The van der Waals surface area contributed by atoms with E-state index in [9.17, 15) is 28.2 Å². The Hall–Kier alpha value is -2.94. The number of anilines is 1. The fraction of sp³-hybridized carbons (Fsp3) is 0.564. The highest BCUT2D eigenvalue weighted by Gasteiger charge is 2.74. The van der Waals surface area contributed by atoms with Crippen LogP contribution in [0.2, 0.25) is 0 Å². The Morgan fingerprint density at radius 3 is 2.26 bits per heavy atom. The third-order valence-electron chi connectivity index (χ3n) is 14.2. The minimum atomic E-state index is -1.04. The van der Waals surface area contributed by atoms with Crippen LogP contribution in [0.1, 0.15) is 69.2 Å². The van der Waals surface area contributed by atoms with E-state index in [-0.39, 0.29) is 34.4 Å². The van der Waals surface area contributed by atoms with Crippen LogP contribution in [0.15, 0.2) is 66.3 Å². The van der Waals surface area contributed by atoms with E-state index in [4.69, 9.17) is 0 Å². The second-order valence-electron chi connectivity index (χ2n) is 16.0. The summed E-state index contributed by atoms with van der Waals surface area (Å²) in [5.41, 5.74) is -0.980. The van der Waals surface area contributed by atoms with Crippen LogP contribution in [0.25, 0.3) is 0 Å². The molecule has 250 valence electrons. The smallest absolute Gasteiger partial charge is 0.189 e.